The van der Waals surface area contributed by atoms with Gasteiger partial charge in [-0.05, 0) is 30.5 Å². The van der Waals surface area contributed by atoms with Crippen LogP contribution in [0.1, 0.15) is 16.8 Å². The molecular formula is C20H25F3IN7. The molecule has 0 saturated carbocycles. The van der Waals surface area contributed by atoms with Crippen molar-refractivity contribution in [1.82, 2.24) is 25.6 Å². The fourth-order valence-electron chi connectivity index (χ4n) is 3.06. The molecule has 7 nitrogen and oxygen atoms in total. The number of guanidine groups is 1. The number of nitrogens with zero attached hydrogens (tertiary/aromatic N) is 3. The van der Waals surface area contributed by atoms with Gasteiger partial charge in [-0.1, -0.05) is 18.2 Å². The molecule has 0 saturated heterocycles. The van der Waals surface area contributed by atoms with Gasteiger partial charge in [0.2, 0.25) is 5.95 Å². The highest BCUT2D eigenvalue weighted by atomic mass is 127. The minimum Gasteiger partial charge on any atom is -0.361 e. The number of aromatic nitrogens is 3. The predicted octanol–water partition coefficient (Wildman–Crippen LogP) is 3.72. The van der Waals surface area contributed by atoms with Gasteiger partial charge in [0.05, 0.1) is 0 Å². The molecule has 0 fully saturated rings. The lowest BCUT2D eigenvalue weighted by Gasteiger charge is -2.12. The number of para-hydroxylation sites is 1. The first-order chi connectivity index (χ1) is 14.4. The van der Waals surface area contributed by atoms with E-state index in [-0.39, 0.29) is 29.9 Å². The van der Waals surface area contributed by atoms with Gasteiger partial charge in [0.25, 0.3) is 0 Å². The largest absolute Gasteiger partial charge is 0.433 e. The Kier molecular flexibility index (Phi) is 8.89. The maximum Gasteiger partial charge on any atom is 0.433 e. The van der Waals surface area contributed by atoms with E-state index in [1.54, 1.807) is 7.05 Å². The molecule has 0 spiro atoms. The summed E-state index contributed by atoms with van der Waals surface area (Å²) >= 11 is 0. The SMILES string of the molecule is CN=C(NCCNc1nccc(C(F)(F)F)n1)NCCc1c[nH]c2c(C)cccc12.I. The second-order valence-electron chi connectivity index (χ2n) is 6.68. The summed E-state index contributed by atoms with van der Waals surface area (Å²) in [5, 5.41) is 10.3. The number of rotatable bonds is 7. The van der Waals surface area contributed by atoms with Gasteiger partial charge >= 0.3 is 6.18 Å². The number of hydrogen-bond acceptors (Lipinski definition) is 4. The lowest BCUT2D eigenvalue weighted by atomic mass is 10.1. The third-order valence-corrected chi connectivity index (χ3v) is 4.57. The molecule has 4 N–H and O–H groups in total. The summed E-state index contributed by atoms with van der Waals surface area (Å²) in [5.74, 6) is 0.544. The van der Waals surface area contributed by atoms with Crippen molar-refractivity contribution in [2.75, 3.05) is 32.0 Å². The molecule has 0 bridgehead atoms. The normalized spacial score (nSPS) is 11.8. The topological polar surface area (TPSA) is 90.0 Å². The van der Waals surface area contributed by atoms with E-state index in [2.05, 4.69) is 55.0 Å². The molecule has 11 heteroatoms. The average molecular weight is 547 g/mol. The Morgan fingerprint density at radius 2 is 1.90 bits per heavy atom. The maximum atomic E-state index is 12.7. The van der Waals surface area contributed by atoms with Crippen LogP contribution in [-0.4, -0.2) is 47.6 Å². The van der Waals surface area contributed by atoms with Crippen molar-refractivity contribution in [3.63, 3.8) is 0 Å². The molecule has 0 radical (unpaired) electrons. The van der Waals surface area contributed by atoms with Crippen molar-refractivity contribution in [3.8, 4) is 0 Å². The van der Waals surface area contributed by atoms with Gasteiger partial charge in [-0.25, -0.2) is 9.97 Å². The minimum absolute atomic E-state index is 0. The van der Waals surface area contributed by atoms with E-state index in [1.807, 2.05) is 12.3 Å². The molecule has 2 heterocycles. The van der Waals surface area contributed by atoms with Gasteiger partial charge in [-0.15, -0.1) is 24.0 Å². The number of aliphatic imine (C=N–C) groups is 1. The first-order valence-electron chi connectivity index (χ1n) is 9.52. The number of aromatic amines is 1. The fraction of sp³-hybridized carbons (Fsp3) is 0.350. The third-order valence-electron chi connectivity index (χ3n) is 4.57. The molecule has 2 aromatic heterocycles. The Labute approximate surface area is 195 Å². The van der Waals surface area contributed by atoms with Gasteiger partial charge in [0.15, 0.2) is 5.96 Å². The smallest absolute Gasteiger partial charge is 0.361 e. The van der Waals surface area contributed by atoms with Gasteiger partial charge in [-0.3, -0.25) is 4.99 Å². The lowest BCUT2D eigenvalue weighted by molar-refractivity contribution is -0.141. The summed E-state index contributed by atoms with van der Waals surface area (Å²) in [6, 6.07) is 7.06. The van der Waals surface area contributed by atoms with E-state index in [4.69, 9.17) is 0 Å². The highest BCUT2D eigenvalue weighted by molar-refractivity contribution is 14.0. The highest BCUT2D eigenvalue weighted by Gasteiger charge is 2.32. The number of alkyl halides is 3. The number of aryl methyl sites for hydroxylation is 1. The number of H-pyrrole nitrogens is 1. The average Bonchev–Trinajstić information content (AvgIpc) is 3.14. The molecule has 168 valence electrons. The van der Waals surface area contributed by atoms with Crippen LogP contribution < -0.4 is 16.0 Å². The Morgan fingerprint density at radius 3 is 2.65 bits per heavy atom. The molecule has 1 aromatic carbocycles. The van der Waals surface area contributed by atoms with E-state index < -0.39 is 11.9 Å². The van der Waals surface area contributed by atoms with Gasteiger partial charge in [0, 0.05) is 50.0 Å². The zero-order valence-electron chi connectivity index (χ0n) is 17.2. The molecule has 0 unspecified atom stereocenters. The zero-order chi connectivity index (χ0) is 21.6. The van der Waals surface area contributed by atoms with Crippen molar-refractivity contribution in [2.24, 2.45) is 4.99 Å². The molecule has 0 aliphatic rings. The molecule has 3 rings (SSSR count). The summed E-state index contributed by atoms with van der Waals surface area (Å²) in [6.45, 7) is 3.53. The molecule has 0 aliphatic heterocycles. The van der Waals surface area contributed by atoms with E-state index in [0.29, 0.717) is 25.6 Å². The van der Waals surface area contributed by atoms with E-state index in [9.17, 15) is 13.2 Å². The summed E-state index contributed by atoms with van der Waals surface area (Å²) in [6.07, 6.45) is -0.569. The molecule has 3 aromatic rings. The van der Waals surface area contributed by atoms with Gasteiger partial charge in [0.1, 0.15) is 5.69 Å². The maximum absolute atomic E-state index is 12.7. The summed E-state index contributed by atoms with van der Waals surface area (Å²) in [5.41, 5.74) is 2.61. The fourth-order valence-corrected chi connectivity index (χ4v) is 3.06. The van der Waals surface area contributed by atoms with E-state index in [0.717, 1.165) is 24.2 Å². The monoisotopic (exact) mass is 547 g/mol. The summed E-state index contributed by atoms with van der Waals surface area (Å²) in [4.78, 5) is 14.7. The van der Waals surface area contributed by atoms with Crippen LogP contribution in [0.4, 0.5) is 19.1 Å². The number of hydrogen-bond donors (Lipinski definition) is 4. The van der Waals surface area contributed by atoms with Crippen molar-refractivity contribution in [3.05, 3.63) is 53.5 Å². The number of fused-ring (bicyclic) bond motifs is 1. The minimum atomic E-state index is -4.49. The molecule has 31 heavy (non-hydrogen) atoms. The van der Waals surface area contributed by atoms with E-state index >= 15 is 0 Å². The van der Waals surface area contributed by atoms with Crippen molar-refractivity contribution in [2.45, 2.75) is 19.5 Å². The molecule has 0 aliphatic carbocycles. The Balaban J connectivity index is 0.00000341. The second-order valence-corrected chi connectivity index (χ2v) is 6.68. The van der Waals surface area contributed by atoms with Crippen LogP contribution in [0.25, 0.3) is 10.9 Å². The van der Waals surface area contributed by atoms with Crippen LogP contribution in [0.3, 0.4) is 0 Å². The second kappa shape index (κ2) is 11.2. The van der Waals surface area contributed by atoms with Crippen molar-refractivity contribution >= 4 is 46.8 Å². The molecular weight excluding hydrogens is 522 g/mol. The Bertz CT molecular complexity index is 1020. The third kappa shape index (κ3) is 6.71. The van der Waals surface area contributed by atoms with Crippen LogP contribution in [0.15, 0.2) is 41.7 Å². The van der Waals surface area contributed by atoms with Crippen LogP contribution in [0.5, 0.6) is 0 Å². The number of nitrogens with one attached hydrogen (secondary N) is 4. The summed E-state index contributed by atoms with van der Waals surface area (Å²) < 4.78 is 38.0. The quantitative estimate of drug-likeness (QED) is 0.157. The van der Waals surface area contributed by atoms with Crippen LogP contribution >= 0.6 is 24.0 Å². The van der Waals surface area contributed by atoms with Crippen LogP contribution in [-0.2, 0) is 12.6 Å². The Morgan fingerprint density at radius 1 is 1.13 bits per heavy atom. The standard InChI is InChI=1S/C20H24F3N7.HI/c1-13-4-3-5-15-14(12-29-17(13)15)6-8-25-18(24-2)27-10-11-28-19-26-9-7-16(30-19)20(21,22)23;/h3-5,7,9,12,29H,6,8,10-11H2,1-2H3,(H2,24,25,27)(H,26,28,30);1H. The van der Waals surface area contributed by atoms with Crippen LogP contribution in [0, 0.1) is 6.92 Å². The molecule has 0 amide bonds. The first-order valence-corrected chi connectivity index (χ1v) is 9.52. The first kappa shape index (κ1) is 24.7. The van der Waals surface area contributed by atoms with Crippen molar-refractivity contribution < 1.29 is 13.2 Å². The predicted molar refractivity (Wildman–Crippen MR) is 127 cm³/mol. The number of anilines is 1. The summed E-state index contributed by atoms with van der Waals surface area (Å²) in [7, 11) is 1.66. The zero-order valence-corrected chi connectivity index (χ0v) is 19.5. The van der Waals surface area contributed by atoms with E-state index in [1.165, 1.54) is 16.5 Å². The number of halogens is 4. The highest BCUT2D eigenvalue weighted by Crippen LogP contribution is 2.27. The van der Waals surface area contributed by atoms with Gasteiger partial charge in [-0.2, -0.15) is 13.2 Å². The lowest BCUT2D eigenvalue weighted by Crippen LogP contribution is -2.40. The Hall–Kier alpha value is -2.57. The molecule has 0 atom stereocenters. The van der Waals surface area contributed by atoms with Gasteiger partial charge < -0.3 is 20.9 Å². The van der Waals surface area contributed by atoms with Crippen molar-refractivity contribution in [1.29, 1.82) is 0 Å². The van der Waals surface area contributed by atoms with Crippen LogP contribution in [0.2, 0.25) is 0 Å². The number of benzene rings is 1.